The van der Waals surface area contributed by atoms with E-state index in [1.54, 1.807) is 0 Å². The van der Waals surface area contributed by atoms with E-state index in [9.17, 15) is 4.79 Å². The molecule has 0 bridgehead atoms. The summed E-state index contributed by atoms with van der Waals surface area (Å²) in [6, 6.07) is 17.3. The largest absolute Gasteiger partial charge is 0.322 e. The van der Waals surface area contributed by atoms with Crippen LogP contribution < -0.4 is 5.32 Å². The van der Waals surface area contributed by atoms with Crippen LogP contribution in [0.5, 0.6) is 0 Å². The van der Waals surface area contributed by atoms with E-state index in [0.29, 0.717) is 17.4 Å². The summed E-state index contributed by atoms with van der Waals surface area (Å²) in [5, 5.41) is 11.3. The molecule has 25 heavy (non-hydrogen) atoms. The fourth-order valence-corrected chi connectivity index (χ4v) is 3.15. The summed E-state index contributed by atoms with van der Waals surface area (Å²) in [7, 11) is 0. The summed E-state index contributed by atoms with van der Waals surface area (Å²) < 4.78 is 0. The lowest BCUT2D eigenvalue weighted by molar-refractivity contribution is -0.115. The smallest absolute Gasteiger partial charge is 0.228 e. The molecular formula is C20H18ClN3O. The number of carbonyl (C=O) groups is 1. The van der Waals surface area contributed by atoms with Crippen molar-refractivity contribution in [3.8, 4) is 11.3 Å². The summed E-state index contributed by atoms with van der Waals surface area (Å²) in [6.45, 7) is 0. The lowest BCUT2D eigenvalue weighted by atomic mass is 10.1. The highest BCUT2D eigenvalue weighted by Crippen LogP contribution is 2.45. The van der Waals surface area contributed by atoms with Crippen molar-refractivity contribution >= 4 is 23.2 Å². The average molecular weight is 352 g/mol. The summed E-state index contributed by atoms with van der Waals surface area (Å²) in [6.07, 6.45) is 2.59. The van der Waals surface area contributed by atoms with Crippen LogP contribution in [0.3, 0.4) is 0 Å². The first-order valence-electron chi connectivity index (χ1n) is 8.38. The Kier molecular flexibility index (Phi) is 4.28. The van der Waals surface area contributed by atoms with Gasteiger partial charge in [0.2, 0.25) is 5.91 Å². The van der Waals surface area contributed by atoms with Crippen molar-refractivity contribution in [3.05, 3.63) is 70.9 Å². The Morgan fingerprint density at radius 2 is 1.96 bits per heavy atom. The van der Waals surface area contributed by atoms with Crippen molar-refractivity contribution in [1.82, 2.24) is 10.2 Å². The number of carbonyl (C=O) groups excluding carboxylic acids is 1. The lowest BCUT2D eigenvalue weighted by Crippen LogP contribution is -2.15. The number of halogens is 1. The third kappa shape index (κ3) is 3.59. The molecule has 126 valence electrons. The Hall–Kier alpha value is -2.59. The van der Waals surface area contributed by atoms with E-state index in [1.807, 2.05) is 54.6 Å². The molecule has 1 aliphatic rings. The fraction of sp³-hybridized carbons (Fsp3) is 0.200. The van der Waals surface area contributed by atoms with Crippen molar-refractivity contribution in [2.75, 3.05) is 5.32 Å². The highest BCUT2D eigenvalue weighted by molar-refractivity contribution is 6.30. The van der Waals surface area contributed by atoms with Gasteiger partial charge in [-0.1, -0.05) is 54.1 Å². The molecule has 1 fully saturated rings. The Labute approximate surface area is 151 Å². The second-order valence-electron chi connectivity index (χ2n) is 6.36. The number of anilines is 1. The predicted molar refractivity (Wildman–Crippen MR) is 99.8 cm³/mol. The number of aromatic amines is 1. The average Bonchev–Trinajstić information content (AvgIpc) is 3.37. The van der Waals surface area contributed by atoms with Crippen molar-refractivity contribution in [2.45, 2.75) is 25.2 Å². The molecule has 1 saturated carbocycles. The SMILES string of the molecule is O=C(Cc1ccccc1)Nc1c(-c2cccc(Cl)c2)n[nH]c1C1CC1. The molecule has 4 rings (SSSR count). The zero-order valence-electron chi connectivity index (χ0n) is 13.6. The molecule has 1 heterocycles. The zero-order valence-corrected chi connectivity index (χ0v) is 14.4. The number of benzene rings is 2. The maximum Gasteiger partial charge on any atom is 0.228 e. The van der Waals surface area contributed by atoms with Gasteiger partial charge in [0.25, 0.3) is 0 Å². The molecule has 2 aromatic carbocycles. The van der Waals surface area contributed by atoms with Crippen LogP contribution >= 0.6 is 11.6 Å². The van der Waals surface area contributed by atoms with E-state index in [0.717, 1.165) is 41.0 Å². The normalized spacial score (nSPS) is 13.6. The predicted octanol–water partition coefficient (Wildman–Crippen LogP) is 4.79. The third-order valence-corrected chi connectivity index (χ3v) is 4.58. The zero-order chi connectivity index (χ0) is 17.2. The Morgan fingerprint density at radius 3 is 2.68 bits per heavy atom. The highest BCUT2D eigenvalue weighted by atomic mass is 35.5. The second kappa shape index (κ2) is 6.73. The van der Waals surface area contributed by atoms with E-state index in [4.69, 9.17) is 11.6 Å². The number of nitrogens with zero attached hydrogens (tertiary/aromatic N) is 1. The first kappa shape index (κ1) is 15.9. The minimum Gasteiger partial charge on any atom is -0.322 e. The minimum atomic E-state index is -0.0437. The Morgan fingerprint density at radius 1 is 1.16 bits per heavy atom. The van der Waals surface area contributed by atoms with Crippen LogP contribution in [0, 0.1) is 0 Å². The van der Waals surface area contributed by atoms with Gasteiger partial charge < -0.3 is 5.32 Å². The van der Waals surface area contributed by atoms with Gasteiger partial charge in [0, 0.05) is 16.5 Å². The van der Waals surface area contributed by atoms with Gasteiger partial charge in [-0.15, -0.1) is 0 Å². The molecule has 1 aromatic heterocycles. The molecule has 1 aliphatic carbocycles. The van der Waals surface area contributed by atoms with Crippen molar-refractivity contribution < 1.29 is 4.79 Å². The van der Waals surface area contributed by atoms with E-state index in [-0.39, 0.29) is 5.91 Å². The molecule has 0 unspecified atom stereocenters. The molecule has 0 spiro atoms. The third-order valence-electron chi connectivity index (χ3n) is 4.35. The van der Waals surface area contributed by atoms with Crippen molar-refractivity contribution in [2.24, 2.45) is 0 Å². The summed E-state index contributed by atoms with van der Waals surface area (Å²) in [5.74, 6) is 0.408. The number of H-pyrrole nitrogens is 1. The van der Waals surface area contributed by atoms with Gasteiger partial charge in [-0.05, 0) is 30.5 Å². The van der Waals surface area contributed by atoms with Crippen LogP contribution in [0.15, 0.2) is 54.6 Å². The van der Waals surface area contributed by atoms with E-state index < -0.39 is 0 Å². The molecule has 5 heteroatoms. The molecule has 0 saturated heterocycles. The topological polar surface area (TPSA) is 57.8 Å². The quantitative estimate of drug-likeness (QED) is 0.694. The lowest BCUT2D eigenvalue weighted by Gasteiger charge is -2.09. The molecular weight excluding hydrogens is 334 g/mol. The van der Waals surface area contributed by atoms with Crippen LogP contribution in [0.25, 0.3) is 11.3 Å². The minimum absolute atomic E-state index is 0.0437. The molecule has 1 amide bonds. The van der Waals surface area contributed by atoms with E-state index in [1.165, 1.54) is 0 Å². The molecule has 0 radical (unpaired) electrons. The fourth-order valence-electron chi connectivity index (χ4n) is 2.96. The van der Waals surface area contributed by atoms with E-state index >= 15 is 0 Å². The number of nitrogens with one attached hydrogen (secondary N) is 2. The van der Waals surface area contributed by atoms with Crippen LogP contribution in [0.1, 0.15) is 30.0 Å². The Bertz CT molecular complexity index is 900. The van der Waals surface area contributed by atoms with Crippen molar-refractivity contribution in [3.63, 3.8) is 0 Å². The standard InChI is InChI=1S/C20H18ClN3O/c21-16-8-4-7-15(12-16)19-20(18(23-24-19)14-9-10-14)22-17(25)11-13-5-2-1-3-6-13/h1-8,12,14H,9-11H2,(H,22,25)(H,23,24). The summed E-state index contributed by atoms with van der Waals surface area (Å²) >= 11 is 6.12. The van der Waals surface area contributed by atoms with Crippen LogP contribution in [0.4, 0.5) is 5.69 Å². The monoisotopic (exact) mass is 351 g/mol. The number of aromatic nitrogens is 2. The van der Waals surface area contributed by atoms with Gasteiger partial charge in [0.1, 0.15) is 5.69 Å². The van der Waals surface area contributed by atoms with Gasteiger partial charge in [-0.25, -0.2) is 0 Å². The number of amides is 1. The maximum atomic E-state index is 12.5. The number of rotatable bonds is 5. The molecule has 2 N–H and O–H groups in total. The Balaban J connectivity index is 1.63. The van der Waals surface area contributed by atoms with Gasteiger partial charge in [0.15, 0.2) is 0 Å². The summed E-state index contributed by atoms with van der Waals surface area (Å²) in [5.41, 5.74) is 4.42. The highest BCUT2D eigenvalue weighted by Gasteiger charge is 2.30. The molecule has 0 aliphatic heterocycles. The second-order valence-corrected chi connectivity index (χ2v) is 6.79. The number of hydrogen-bond donors (Lipinski definition) is 2. The van der Waals surface area contributed by atoms with E-state index in [2.05, 4.69) is 15.5 Å². The van der Waals surface area contributed by atoms with Crippen LogP contribution in [-0.2, 0) is 11.2 Å². The van der Waals surface area contributed by atoms with Crippen LogP contribution in [-0.4, -0.2) is 16.1 Å². The molecule has 0 atom stereocenters. The first-order chi connectivity index (χ1) is 12.2. The maximum absolute atomic E-state index is 12.5. The van der Waals surface area contributed by atoms with Crippen molar-refractivity contribution in [1.29, 1.82) is 0 Å². The number of hydrogen-bond acceptors (Lipinski definition) is 2. The first-order valence-corrected chi connectivity index (χ1v) is 8.76. The molecule has 3 aromatic rings. The van der Waals surface area contributed by atoms with Gasteiger partial charge >= 0.3 is 0 Å². The van der Waals surface area contributed by atoms with Gasteiger partial charge in [0.05, 0.1) is 17.8 Å². The summed E-state index contributed by atoms with van der Waals surface area (Å²) in [4.78, 5) is 12.5. The van der Waals surface area contributed by atoms with Crippen LogP contribution in [0.2, 0.25) is 5.02 Å². The molecule has 4 nitrogen and oxygen atoms in total. The van der Waals surface area contributed by atoms with Gasteiger partial charge in [-0.3, -0.25) is 9.89 Å². The van der Waals surface area contributed by atoms with Gasteiger partial charge in [-0.2, -0.15) is 5.10 Å².